The van der Waals surface area contributed by atoms with E-state index in [0.717, 1.165) is 6.42 Å². The second-order valence-corrected chi connectivity index (χ2v) is 2.64. The van der Waals surface area contributed by atoms with Crippen LogP contribution in [0.25, 0.3) is 0 Å². The van der Waals surface area contributed by atoms with Gasteiger partial charge >= 0.3 is 0 Å². The molecule has 11 heavy (non-hydrogen) atoms. The second kappa shape index (κ2) is 9.48. The van der Waals surface area contributed by atoms with E-state index in [1.165, 1.54) is 25.7 Å². The maximum absolute atomic E-state index is 3.78. The summed E-state index contributed by atoms with van der Waals surface area (Å²) >= 11 is 0. The van der Waals surface area contributed by atoms with Crippen molar-refractivity contribution in [2.45, 2.75) is 39.0 Å². The van der Waals surface area contributed by atoms with E-state index in [2.05, 4.69) is 38.2 Å². The average Bonchev–Trinajstić information content (AvgIpc) is 2.03. The van der Waals surface area contributed by atoms with Crippen LogP contribution in [-0.2, 0) is 0 Å². The monoisotopic (exact) mass is 151 g/mol. The van der Waals surface area contributed by atoms with Crippen LogP contribution in [0, 0.1) is 6.92 Å². The molecule has 0 fully saturated rings. The maximum Gasteiger partial charge on any atom is -0.0348 e. The van der Waals surface area contributed by atoms with Gasteiger partial charge in [-0.05, 0) is 19.3 Å². The molecule has 0 rings (SSSR count). The lowest BCUT2D eigenvalue weighted by atomic mass is 10.2. The van der Waals surface area contributed by atoms with Crippen LogP contribution in [0.4, 0.5) is 0 Å². The third kappa shape index (κ3) is 9.48. The number of hydrogen-bond donors (Lipinski definition) is 0. The van der Waals surface area contributed by atoms with Crippen molar-refractivity contribution >= 4 is 0 Å². The number of allylic oxidation sites excluding steroid dienone is 4. The van der Waals surface area contributed by atoms with Crippen LogP contribution >= 0.6 is 0 Å². The Bertz CT molecular complexity index is 109. The molecule has 0 spiro atoms. The normalized spacial score (nSPS) is 11.8. The lowest BCUT2D eigenvalue weighted by Gasteiger charge is -1.85. The first kappa shape index (κ1) is 10.5. The summed E-state index contributed by atoms with van der Waals surface area (Å²) in [6.45, 7) is 5.97. The Morgan fingerprint density at radius 1 is 1.09 bits per heavy atom. The number of rotatable bonds is 6. The molecule has 0 saturated heterocycles. The highest BCUT2D eigenvalue weighted by Crippen LogP contribution is 1.95. The third-order valence-electron chi connectivity index (χ3n) is 1.46. The van der Waals surface area contributed by atoms with Gasteiger partial charge in [0.1, 0.15) is 0 Å². The molecule has 0 nitrogen and oxygen atoms in total. The fourth-order valence-corrected chi connectivity index (χ4v) is 0.778. The van der Waals surface area contributed by atoms with Crippen LogP contribution < -0.4 is 0 Å². The molecule has 0 aromatic rings. The summed E-state index contributed by atoms with van der Waals surface area (Å²) in [5.41, 5.74) is 0. The SMILES string of the molecule is [CH2]CCC/C=C/C=C/CCC. The quantitative estimate of drug-likeness (QED) is 0.399. The molecule has 0 amide bonds. The highest BCUT2D eigenvalue weighted by molar-refractivity contribution is 5.02. The Kier molecular flexibility index (Phi) is 9.03. The summed E-state index contributed by atoms with van der Waals surface area (Å²) in [4.78, 5) is 0. The Balaban J connectivity index is 3.14. The minimum Gasteiger partial charge on any atom is -0.0846 e. The van der Waals surface area contributed by atoms with Crippen LogP contribution in [0.3, 0.4) is 0 Å². The predicted molar refractivity (Wildman–Crippen MR) is 52.4 cm³/mol. The summed E-state index contributed by atoms with van der Waals surface area (Å²) in [5, 5.41) is 0. The summed E-state index contributed by atoms with van der Waals surface area (Å²) in [7, 11) is 0. The fraction of sp³-hybridized carbons (Fsp3) is 0.545. The van der Waals surface area contributed by atoms with E-state index in [4.69, 9.17) is 0 Å². The van der Waals surface area contributed by atoms with Gasteiger partial charge in [-0.1, -0.05) is 51.0 Å². The average molecular weight is 151 g/mol. The molecule has 0 saturated carbocycles. The molecule has 0 heterocycles. The second-order valence-electron chi connectivity index (χ2n) is 2.64. The van der Waals surface area contributed by atoms with Crippen molar-refractivity contribution in [3.8, 4) is 0 Å². The van der Waals surface area contributed by atoms with Crippen molar-refractivity contribution in [3.63, 3.8) is 0 Å². The van der Waals surface area contributed by atoms with Gasteiger partial charge < -0.3 is 0 Å². The Morgan fingerprint density at radius 3 is 2.27 bits per heavy atom. The zero-order chi connectivity index (χ0) is 8.36. The van der Waals surface area contributed by atoms with E-state index in [1.807, 2.05) is 0 Å². The van der Waals surface area contributed by atoms with E-state index < -0.39 is 0 Å². The van der Waals surface area contributed by atoms with Gasteiger partial charge in [0.15, 0.2) is 0 Å². The van der Waals surface area contributed by atoms with Gasteiger partial charge in [-0.15, -0.1) is 0 Å². The van der Waals surface area contributed by atoms with E-state index in [-0.39, 0.29) is 0 Å². The van der Waals surface area contributed by atoms with Crippen LogP contribution in [0.15, 0.2) is 24.3 Å². The van der Waals surface area contributed by atoms with E-state index in [0.29, 0.717) is 0 Å². The van der Waals surface area contributed by atoms with Crippen molar-refractivity contribution < 1.29 is 0 Å². The molecule has 0 N–H and O–H groups in total. The zero-order valence-electron chi connectivity index (χ0n) is 7.55. The Hall–Kier alpha value is -0.520. The van der Waals surface area contributed by atoms with Crippen molar-refractivity contribution in [3.05, 3.63) is 31.2 Å². The summed E-state index contributed by atoms with van der Waals surface area (Å²) < 4.78 is 0. The van der Waals surface area contributed by atoms with E-state index in [1.54, 1.807) is 0 Å². The van der Waals surface area contributed by atoms with Crippen LogP contribution in [0.2, 0.25) is 0 Å². The summed E-state index contributed by atoms with van der Waals surface area (Å²) in [6.07, 6.45) is 14.5. The molecule has 0 atom stereocenters. The van der Waals surface area contributed by atoms with E-state index in [9.17, 15) is 0 Å². The molecule has 0 aliphatic carbocycles. The highest BCUT2D eigenvalue weighted by atomic mass is 13.8. The van der Waals surface area contributed by atoms with Crippen LogP contribution in [0.1, 0.15) is 39.0 Å². The van der Waals surface area contributed by atoms with Crippen molar-refractivity contribution in [2.24, 2.45) is 0 Å². The molecule has 1 radical (unpaired) electrons. The molecule has 0 aliphatic heterocycles. The number of hydrogen-bond acceptors (Lipinski definition) is 0. The molecule has 0 unspecified atom stereocenters. The van der Waals surface area contributed by atoms with E-state index >= 15 is 0 Å². The highest BCUT2D eigenvalue weighted by Gasteiger charge is 1.75. The molecular formula is C11H19. The maximum atomic E-state index is 3.78. The molecule has 0 aliphatic rings. The first-order valence-electron chi connectivity index (χ1n) is 4.52. The largest absolute Gasteiger partial charge is 0.0846 e. The topological polar surface area (TPSA) is 0 Å². The fourth-order valence-electron chi connectivity index (χ4n) is 0.778. The van der Waals surface area contributed by atoms with Crippen molar-refractivity contribution in [1.29, 1.82) is 0 Å². The minimum atomic E-state index is 1.04. The van der Waals surface area contributed by atoms with Crippen molar-refractivity contribution in [2.75, 3.05) is 0 Å². The Labute approximate surface area is 71.0 Å². The lowest BCUT2D eigenvalue weighted by molar-refractivity contribution is 0.866. The van der Waals surface area contributed by atoms with Gasteiger partial charge in [0.05, 0.1) is 0 Å². The van der Waals surface area contributed by atoms with Gasteiger partial charge in [0.25, 0.3) is 0 Å². The molecule has 0 heteroatoms. The number of unbranched alkanes of at least 4 members (excludes halogenated alkanes) is 3. The van der Waals surface area contributed by atoms with Crippen LogP contribution in [0.5, 0.6) is 0 Å². The molecule has 63 valence electrons. The van der Waals surface area contributed by atoms with Crippen LogP contribution in [-0.4, -0.2) is 0 Å². The lowest BCUT2D eigenvalue weighted by Crippen LogP contribution is -1.65. The minimum absolute atomic E-state index is 1.04. The van der Waals surface area contributed by atoms with Gasteiger partial charge in [0.2, 0.25) is 0 Å². The van der Waals surface area contributed by atoms with Crippen molar-refractivity contribution in [1.82, 2.24) is 0 Å². The molecule has 0 aromatic heterocycles. The molecule has 0 bridgehead atoms. The summed E-state index contributed by atoms with van der Waals surface area (Å²) in [5.74, 6) is 0. The van der Waals surface area contributed by atoms with Gasteiger partial charge in [0, 0.05) is 0 Å². The molecular weight excluding hydrogens is 132 g/mol. The third-order valence-corrected chi connectivity index (χ3v) is 1.46. The van der Waals surface area contributed by atoms with Gasteiger partial charge in [-0.3, -0.25) is 0 Å². The van der Waals surface area contributed by atoms with Gasteiger partial charge in [-0.2, -0.15) is 0 Å². The standard InChI is InChI=1S/C11H19/c1-3-5-7-9-11-10-8-6-4-2/h8-11H,1,3-7H2,2H3/b10-8+,11-9+. The molecule has 0 aromatic carbocycles. The van der Waals surface area contributed by atoms with Gasteiger partial charge in [-0.25, -0.2) is 0 Å². The Morgan fingerprint density at radius 2 is 1.73 bits per heavy atom. The predicted octanol–water partition coefficient (Wildman–Crippen LogP) is 3.90. The summed E-state index contributed by atoms with van der Waals surface area (Å²) in [6, 6.07) is 0. The zero-order valence-corrected chi connectivity index (χ0v) is 7.55. The first-order valence-corrected chi connectivity index (χ1v) is 4.52. The first-order chi connectivity index (χ1) is 5.41. The smallest absolute Gasteiger partial charge is 0.0348 e.